The highest BCUT2D eigenvalue weighted by Crippen LogP contribution is 2.24. The smallest absolute Gasteiger partial charge is 0.257 e. The van der Waals surface area contributed by atoms with Gasteiger partial charge in [0, 0.05) is 36.6 Å². The SMILES string of the molecule is C[C@@H]1C[C@@H](C)CN(Cc2csc(NC(=O)c3cc(F)cc(F)c3)n2)C1. The number of hydrogen-bond donors (Lipinski definition) is 1. The van der Waals surface area contributed by atoms with Crippen LogP contribution >= 0.6 is 11.3 Å². The molecule has 0 spiro atoms. The maximum Gasteiger partial charge on any atom is 0.257 e. The van der Waals surface area contributed by atoms with E-state index >= 15 is 0 Å². The van der Waals surface area contributed by atoms with Crippen LogP contribution in [0.4, 0.5) is 13.9 Å². The van der Waals surface area contributed by atoms with Gasteiger partial charge in [-0.2, -0.15) is 0 Å². The van der Waals surface area contributed by atoms with Gasteiger partial charge in [-0.3, -0.25) is 15.0 Å². The third kappa shape index (κ3) is 4.83. The Morgan fingerprint density at radius 1 is 1.24 bits per heavy atom. The van der Waals surface area contributed by atoms with E-state index in [4.69, 9.17) is 0 Å². The molecule has 0 saturated carbocycles. The van der Waals surface area contributed by atoms with Gasteiger partial charge in [0.15, 0.2) is 5.13 Å². The minimum atomic E-state index is -0.779. The number of rotatable bonds is 4. The van der Waals surface area contributed by atoms with E-state index in [9.17, 15) is 13.6 Å². The minimum absolute atomic E-state index is 0.0621. The molecule has 3 rings (SSSR count). The van der Waals surface area contributed by atoms with Crippen molar-refractivity contribution in [3.8, 4) is 0 Å². The van der Waals surface area contributed by atoms with Gasteiger partial charge in [0.1, 0.15) is 11.6 Å². The molecule has 1 aromatic heterocycles. The van der Waals surface area contributed by atoms with Crippen molar-refractivity contribution in [2.75, 3.05) is 18.4 Å². The van der Waals surface area contributed by atoms with Gasteiger partial charge < -0.3 is 0 Å². The van der Waals surface area contributed by atoms with Crippen molar-refractivity contribution < 1.29 is 13.6 Å². The first-order chi connectivity index (χ1) is 11.9. The Balaban J connectivity index is 1.62. The van der Waals surface area contributed by atoms with Crippen molar-refractivity contribution in [2.24, 2.45) is 11.8 Å². The largest absolute Gasteiger partial charge is 0.298 e. The molecule has 1 aromatic carbocycles. The fourth-order valence-corrected chi connectivity index (χ4v) is 4.14. The number of likely N-dealkylation sites (tertiary alicyclic amines) is 1. The van der Waals surface area contributed by atoms with Crippen LogP contribution in [0.3, 0.4) is 0 Å². The molecule has 4 nitrogen and oxygen atoms in total. The predicted molar refractivity (Wildman–Crippen MR) is 94.6 cm³/mol. The van der Waals surface area contributed by atoms with Crippen LogP contribution in [-0.2, 0) is 6.54 Å². The molecule has 0 unspecified atom stereocenters. The Kier molecular flexibility index (Phi) is 5.44. The zero-order valence-corrected chi connectivity index (χ0v) is 15.1. The molecule has 7 heteroatoms. The van der Waals surface area contributed by atoms with Crippen molar-refractivity contribution in [1.82, 2.24) is 9.88 Å². The lowest BCUT2D eigenvalue weighted by Crippen LogP contribution is -2.38. The predicted octanol–water partition coefficient (Wildman–Crippen LogP) is 4.15. The summed E-state index contributed by atoms with van der Waals surface area (Å²) in [5.74, 6) is -0.787. The molecular weight excluding hydrogens is 344 g/mol. The molecule has 1 saturated heterocycles. The molecule has 1 aliphatic heterocycles. The van der Waals surface area contributed by atoms with Crippen molar-refractivity contribution in [3.63, 3.8) is 0 Å². The molecule has 25 heavy (non-hydrogen) atoms. The van der Waals surface area contributed by atoms with Gasteiger partial charge in [-0.25, -0.2) is 13.8 Å². The molecule has 1 fully saturated rings. The summed E-state index contributed by atoms with van der Waals surface area (Å²) >= 11 is 1.31. The fourth-order valence-electron chi connectivity index (χ4n) is 3.44. The third-order valence-electron chi connectivity index (χ3n) is 4.23. The van der Waals surface area contributed by atoms with Crippen LogP contribution in [0.5, 0.6) is 0 Å². The number of hydrogen-bond acceptors (Lipinski definition) is 4. The van der Waals surface area contributed by atoms with Gasteiger partial charge in [0.05, 0.1) is 5.69 Å². The number of carbonyl (C=O) groups excluding carboxylic acids is 1. The number of carbonyl (C=O) groups is 1. The second-order valence-corrected chi connectivity index (χ2v) is 7.75. The van der Waals surface area contributed by atoms with Gasteiger partial charge in [-0.05, 0) is 30.4 Å². The number of halogens is 2. The van der Waals surface area contributed by atoms with Gasteiger partial charge in [0.25, 0.3) is 5.91 Å². The number of aromatic nitrogens is 1. The van der Waals surface area contributed by atoms with Gasteiger partial charge >= 0.3 is 0 Å². The van der Waals surface area contributed by atoms with E-state index in [2.05, 4.69) is 29.0 Å². The molecule has 2 aromatic rings. The molecule has 1 amide bonds. The van der Waals surface area contributed by atoms with Crippen LogP contribution in [0.25, 0.3) is 0 Å². The van der Waals surface area contributed by atoms with Crippen molar-refractivity contribution in [3.05, 3.63) is 46.5 Å². The average Bonchev–Trinajstić information content (AvgIpc) is 2.92. The summed E-state index contributed by atoms with van der Waals surface area (Å²) in [5.41, 5.74) is 0.833. The van der Waals surface area contributed by atoms with Crippen LogP contribution in [0.15, 0.2) is 23.6 Å². The second-order valence-electron chi connectivity index (χ2n) is 6.90. The average molecular weight is 365 g/mol. The van der Waals surface area contributed by atoms with Crippen molar-refractivity contribution >= 4 is 22.4 Å². The highest BCUT2D eigenvalue weighted by molar-refractivity contribution is 7.13. The molecule has 2 heterocycles. The van der Waals surface area contributed by atoms with E-state index in [1.165, 1.54) is 17.8 Å². The maximum atomic E-state index is 13.2. The lowest BCUT2D eigenvalue weighted by molar-refractivity contribution is 0.102. The number of piperidine rings is 1. The summed E-state index contributed by atoms with van der Waals surface area (Å²) in [4.78, 5) is 18.9. The third-order valence-corrected chi connectivity index (χ3v) is 5.03. The quantitative estimate of drug-likeness (QED) is 0.885. The molecular formula is C18H21F2N3OS. The molecule has 0 bridgehead atoms. The zero-order valence-electron chi connectivity index (χ0n) is 14.3. The monoisotopic (exact) mass is 365 g/mol. The molecule has 0 aliphatic carbocycles. The topological polar surface area (TPSA) is 45.2 Å². The van der Waals surface area contributed by atoms with Crippen molar-refractivity contribution in [2.45, 2.75) is 26.8 Å². The summed E-state index contributed by atoms with van der Waals surface area (Å²) in [6, 6.07) is 2.74. The maximum absolute atomic E-state index is 13.2. The van der Waals surface area contributed by atoms with E-state index in [1.807, 2.05) is 5.38 Å². The van der Waals surface area contributed by atoms with E-state index in [1.54, 1.807) is 0 Å². The number of thiazole rings is 1. The van der Waals surface area contributed by atoms with Gasteiger partial charge in [-0.15, -0.1) is 11.3 Å². The number of nitrogens with zero attached hydrogens (tertiary/aromatic N) is 2. The number of benzene rings is 1. The van der Waals surface area contributed by atoms with Crippen molar-refractivity contribution in [1.29, 1.82) is 0 Å². The summed E-state index contributed by atoms with van der Waals surface area (Å²) < 4.78 is 26.4. The zero-order chi connectivity index (χ0) is 18.0. The lowest BCUT2D eigenvalue weighted by atomic mass is 9.92. The Morgan fingerprint density at radius 2 is 1.88 bits per heavy atom. The Morgan fingerprint density at radius 3 is 2.52 bits per heavy atom. The van der Waals surface area contributed by atoms with E-state index in [0.717, 1.165) is 43.5 Å². The van der Waals surface area contributed by atoms with E-state index < -0.39 is 17.5 Å². The fraction of sp³-hybridized carbons (Fsp3) is 0.444. The van der Waals surface area contributed by atoms with Crippen LogP contribution in [-0.4, -0.2) is 28.9 Å². The van der Waals surface area contributed by atoms with E-state index in [0.29, 0.717) is 17.0 Å². The van der Waals surface area contributed by atoms with Gasteiger partial charge in [-0.1, -0.05) is 13.8 Å². The summed E-state index contributed by atoms with van der Waals surface area (Å²) in [5, 5.41) is 4.95. The van der Waals surface area contributed by atoms with Crippen LogP contribution in [0.2, 0.25) is 0 Å². The molecule has 0 radical (unpaired) electrons. The second kappa shape index (κ2) is 7.58. The Labute approximate surface area is 149 Å². The van der Waals surface area contributed by atoms with Crippen LogP contribution < -0.4 is 5.32 Å². The van der Waals surface area contributed by atoms with Crippen LogP contribution in [0, 0.1) is 23.5 Å². The first-order valence-electron chi connectivity index (χ1n) is 8.33. The number of amides is 1. The lowest BCUT2D eigenvalue weighted by Gasteiger charge is -2.34. The number of anilines is 1. The standard InChI is InChI=1S/C18H21F2N3OS/c1-11-3-12(2)8-23(7-11)9-16-10-25-18(21-16)22-17(24)13-4-14(19)6-15(20)5-13/h4-6,10-12H,3,7-9H2,1-2H3,(H,21,22,24)/t11-,12-/m1/s1. The van der Waals surface area contributed by atoms with Crippen LogP contribution in [0.1, 0.15) is 36.3 Å². The van der Waals surface area contributed by atoms with E-state index in [-0.39, 0.29) is 5.56 Å². The molecule has 1 aliphatic rings. The summed E-state index contributed by atoms with van der Waals surface area (Å²) in [7, 11) is 0. The number of nitrogens with one attached hydrogen (secondary N) is 1. The minimum Gasteiger partial charge on any atom is -0.298 e. The normalized spacial score (nSPS) is 21.3. The highest BCUT2D eigenvalue weighted by atomic mass is 32.1. The molecule has 1 N–H and O–H groups in total. The van der Waals surface area contributed by atoms with Gasteiger partial charge in [0.2, 0.25) is 0 Å². The highest BCUT2D eigenvalue weighted by Gasteiger charge is 2.22. The Bertz CT molecular complexity index is 734. The first kappa shape index (κ1) is 17.9. The molecule has 134 valence electrons. The summed E-state index contributed by atoms with van der Waals surface area (Å²) in [6.45, 7) is 7.36. The molecule has 2 atom stereocenters. The first-order valence-corrected chi connectivity index (χ1v) is 9.21. The summed E-state index contributed by atoms with van der Waals surface area (Å²) in [6.07, 6.45) is 1.25. The Hall–Kier alpha value is -1.86.